The molecule has 2 heterocycles. The van der Waals surface area contributed by atoms with Crippen LogP contribution < -0.4 is 0 Å². The predicted octanol–water partition coefficient (Wildman–Crippen LogP) is 1.14. The van der Waals surface area contributed by atoms with Gasteiger partial charge >= 0.3 is 5.97 Å². The van der Waals surface area contributed by atoms with Crippen LogP contribution in [-0.2, 0) is 9.53 Å². The number of aromatic amines is 1. The van der Waals surface area contributed by atoms with Gasteiger partial charge in [-0.25, -0.2) is 9.18 Å². The number of benzene rings is 1. The summed E-state index contributed by atoms with van der Waals surface area (Å²) in [5, 5.41) is 15.6. The fourth-order valence-electron chi connectivity index (χ4n) is 2.44. The normalized spacial score (nSPS) is 18.0. The molecule has 0 spiro atoms. The number of rotatable bonds is 3. The molecular formula is C15H14FN3O4. The van der Waals surface area contributed by atoms with Crippen LogP contribution in [0.15, 0.2) is 30.5 Å². The molecule has 1 amide bonds. The summed E-state index contributed by atoms with van der Waals surface area (Å²) >= 11 is 0. The van der Waals surface area contributed by atoms with E-state index < -0.39 is 12.1 Å². The van der Waals surface area contributed by atoms with Crippen molar-refractivity contribution in [3.8, 4) is 11.3 Å². The molecule has 0 bridgehead atoms. The van der Waals surface area contributed by atoms with Crippen molar-refractivity contribution >= 4 is 11.9 Å². The number of carbonyl (C=O) groups is 2. The summed E-state index contributed by atoms with van der Waals surface area (Å²) in [7, 11) is 0. The third-order valence-electron chi connectivity index (χ3n) is 3.63. The Morgan fingerprint density at radius 1 is 1.35 bits per heavy atom. The summed E-state index contributed by atoms with van der Waals surface area (Å²) < 4.78 is 18.1. The first-order chi connectivity index (χ1) is 11.1. The van der Waals surface area contributed by atoms with E-state index in [-0.39, 0.29) is 24.9 Å². The number of nitrogens with one attached hydrogen (secondary N) is 1. The topological polar surface area (TPSA) is 95.5 Å². The van der Waals surface area contributed by atoms with Crippen LogP contribution in [0.4, 0.5) is 4.39 Å². The zero-order valence-corrected chi connectivity index (χ0v) is 12.0. The fraction of sp³-hybridized carbons (Fsp3) is 0.267. The van der Waals surface area contributed by atoms with Crippen molar-refractivity contribution in [2.45, 2.75) is 6.10 Å². The Balaban J connectivity index is 1.85. The van der Waals surface area contributed by atoms with Gasteiger partial charge in [0, 0.05) is 12.1 Å². The van der Waals surface area contributed by atoms with Gasteiger partial charge in [0.25, 0.3) is 5.91 Å². The summed E-state index contributed by atoms with van der Waals surface area (Å²) in [6.07, 6.45) is 0.348. The van der Waals surface area contributed by atoms with Gasteiger partial charge in [-0.2, -0.15) is 5.10 Å². The van der Waals surface area contributed by atoms with Gasteiger partial charge in [0.15, 0.2) is 6.10 Å². The van der Waals surface area contributed by atoms with E-state index in [0.717, 1.165) is 0 Å². The van der Waals surface area contributed by atoms with Crippen molar-refractivity contribution in [3.63, 3.8) is 0 Å². The maximum atomic E-state index is 13.0. The Labute approximate surface area is 130 Å². The van der Waals surface area contributed by atoms with Crippen LogP contribution in [0.2, 0.25) is 0 Å². The molecule has 0 saturated carbocycles. The number of H-pyrrole nitrogens is 1. The molecule has 0 aliphatic carbocycles. The zero-order chi connectivity index (χ0) is 16.4. The molecule has 23 heavy (non-hydrogen) atoms. The molecule has 0 radical (unpaired) electrons. The van der Waals surface area contributed by atoms with E-state index in [1.807, 2.05) is 0 Å². The van der Waals surface area contributed by atoms with Gasteiger partial charge in [-0.15, -0.1) is 0 Å². The van der Waals surface area contributed by atoms with E-state index >= 15 is 0 Å². The maximum absolute atomic E-state index is 13.0. The second-order valence-corrected chi connectivity index (χ2v) is 5.11. The van der Waals surface area contributed by atoms with Gasteiger partial charge < -0.3 is 14.7 Å². The molecule has 1 aliphatic rings. The Kier molecular flexibility index (Phi) is 4.07. The van der Waals surface area contributed by atoms with Gasteiger partial charge in [0.05, 0.1) is 30.6 Å². The summed E-state index contributed by atoms with van der Waals surface area (Å²) in [6.45, 7) is 0.436. The number of hydrogen-bond donors (Lipinski definition) is 2. The van der Waals surface area contributed by atoms with Crippen molar-refractivity contribution in [3.05, 3.63) is 41.8 Å². The summed E-state index contributed by atoms with van der Waals surface area (Å²) in [6, 6.07) is 5.66. The van der Waals surface area contributed by atoms with Crippen LogP contribution in [0, 0.1) is 5.82 Å². The van der Waals surface area contributed by atoms with Crippen molar-refractivity contribution in [2.75, 3.05) is 19.7 Å². The highest BCUT2D eigenvalue weighted by atomic mass is 19.1. The quantitative estimate of drug-likeness (QED) is 0.884. The number of halogens is 1. The average molecular weight is 319 g/mol. The van der Waals surface area contributed by atoms with Crippen molar-refractivity contribution in [1.29, 1.82) is 0 Å². The lowest BCUT2D eigenvalue weighted by Gasteiger charge is -2.30. The van der Waals surface area contributed by atoms with Crippen molar-refractivity contribution in [1.82, 2.24) is 15.1 Å². The third-order valence-corrected chi connectivity index (χ3v) is 3.63. The number of hydrogen-bond acceptors (Lipinski definition) is 4. The molecule has 1 fully saturated rings. The molecule has 2 N–H and O–H groups in total. The Hall–Kier alpha value is -2.74. The third kappa shape index (κ3) is 3.07. The summed E-state index contributed by atoms with van der Waals surface area (Å²) in [5.74, 6) is -1.82. The molecule has 8 heteroatoms. The van der Waals surface area contributed by atoms with Crippen LogP contribution >= 0.6 is 0 Å². The van der Waals surface area contributed by atoms with Crippen LogP contribution in [-0.4, -0.2) is 57.9 Å². The number of carbonyl (C=O) groups excluding carboxylic acids is 1. The van der Waals surface area contributed by atoms with Crippen LogP contribution in [0.25, 0.3) is 11.3 Å². The van der Waals surface area contributed by atoms with E-state index in [2.05, 4.69) is 10.2 Å². The Morgan fingerprint density at radius 2 is 2.09 bits per heavy atom. The molecule has 1 aromatic heterocycles. The standard InChI is InChI=1S/C15H14FN3O4/c16-10-3-1-9(2-4-10)13-11(7-17-18-13)14(20)19-5-6-23-12(8-19)15(21)22/h1-4,7,12H,5-6,8H2,(H,17,18)(H,21,22)/t12-/m0/s1. The van der Waals surface area contributed by atoms with Gasteiger partial charge in [0.1, 0.15) is 5.82 Å². The van der Waals surface area contributed by atoms with E-state index in [1.165, 1.54) is 23.2 Å². The van der Waals surface area contributed by atoms with Gasteiger partial charge in [-0.1, -0.05) is 0 Å². The molecule has 3 rings (SSSR count). The molecule has 7 nitrogen and oxygen atoms in total. The first kappa shape index (κ1) is 15.2. The van der Waals surface area contributed by atoms with Crippen LogP contribution in [0.1, 0.15) is 10.4 Å². The van der Waals surface area contributed by atoms with E-state index in [9.17, 15) is 14.0 Å². The largest absolute Gasteiger partial charge is 0.479 e. The Bertz CT molecular complexity index is 729. The number of morpholine rings is 1. The second kappa shape index (κ2) is 6.17. The van der Waals surface area contributed by atoms with E-state index in [0.29, 0.717) is 23.4 Å². The highest BCUT2D eigenvalue weighted by molar-refractivity contribution is 6.00. The molecule has 120 valence electrons. The van der Waals surface area contributed by atoms with Crippen molar-refractivity contribution in [2.24, 2.45) is 0 Å². The highest BCUT2D eigenvalue weighted by Gasteiger charge is 2.31. The number of carboxylic acids is 1. The lowest BCUT2D eigenvalue weighted by Crippen LogP contribution is -2.48. The Morgan fingerprint density at radius 3 is 2.78 bits per heavy atom. The summed E-state index contributed by atoms with van der Waals surface area (Å²) in [4.78, 5) is 25.1. The fourth-order valence-corrected chi connectivity index (χ4v) is 2.44. The summed E-state index contributed by atoms with van der Waals surface area (Å²) in [5.41, 5.74) is 1.39. The highest BCUT2D eigenvalue weighted by Crippen LogP contribution is 2.23. The van der Waals surface area contributed by atoms with Gasteiger partial charge in [0.2, 0.25) is 0 Å². The number of aromatic nitrogens is 2. The number of ether oxygens (including phenoxy) is 1. The maximum Gasteiger partial charge on any atom is 0.334 e. The number of carboxylic acid groups (broad SMARTS) is 1. The minimum atomic E-state index is -1.10. The smallest absolute Gasteiger partial charge is 0.334 e. The number of aliphatic carboxylic acids is 1. The lowest BCUT2D eigenvalue weighted by molar-refractivity contribution is -0.154. The van der Waals surface area contributed by atoms with E-state index in [1.54, 1.807) is 12.1 Å². The number of nitrogens with zero attached hydrogens (tertiary/aromatic N) is 2. The van der Waals surface area contributed by atoms with Crippen LogP contribution in [0.3, 0.4) is 0 Å². The second-order valence-electron chi connectivity index (χ2n) is 5.11. The first-order valence-electron chi connectivity index (χ1n) is 6.99. The lowest BCUT2D eigenvalue weighted by atomic mass is 10.1. The molecule has 1 saturated heterocycles. The van der Waals surface area contributed by atoms with Gasteiger partial charge in [-0.05, 0) is 24.3 Å². The molecule has 1 aliphatic heterocycles. The number of amides is 1. The molecular weight excluding hydrogens is 305 g/mol. The zero-order valence-electron chi connectivity index (χ0n) is 12.0. The molecule has 0 unspecified atom stereocenters. The van der Waals surface area contributed by atoms with Crippen LogP contribution in [0.5, 0.6) is 0 Å². The SMILES string of the molecule is O=C(O)[C@@H]1CN(C(=O)c2cn[nH]c2-c2ccc(F)cc2)CCO1. The minimum Gasteiger partial charge on any atom is -0.479 e. The molecule has 2 aromatic rings. The van der Waals surface area contributed by atoms with Gasteiger partial charge in [-0.3, -0.25) is 9.89 Å². The van der Waals surface area contributed by atoms with Crippen molar-refractivity contribution < 1.29 is 23.8 Å². The monoisotopic (exact) mass is 319 g/mol. The molecule has 1 atom stereocenters. The first-order valence-corrected chi connectivity index (χ1v) is 6.99. The van der Waals surface area contributed by atoms with E-state index in [4.69, 9.17) is 9.84 Å². The minimum absolute atomic E-state index is 0.0256. The molecule has 1 aromatic carbocycles. The average Bonchev–Trinajstić information content (AvgIpc) is 3.04. The predicted molar refractivity (Wildman–Crippen MR) is 77.3 cm³/mol.